The molecule has 158 valence electrons. The molecule has 0 aliphatic carbocycles. The molecule has 0 heterocycles. The smallest absolute Gasteiger partial charge is 0.305 e. The second-order valence-corrected chi connectivity index (χ2v) is 6.66. The SMILES string of the molecule is CCOC(=O)CCCCCOc1ccc(-c2ccc(OCC(O)CO)cc2)cc1. The van der Waals surface area contributed by atoms with Crippen LogP contribution in [0.4, 0.5) is 0 Å². The first-order valence-corrected chi connectivity index (χ1v) is 10.0. The molecule has 0 radical (unpaired) electrons. The molecule has 2 rings (SSSR count). The zero-order chi connectivity index (χ0) is 20.9. The number of ether oxygens (including phenoxy) is 3. The van der Waals surface area contributed by atoms with Gasteiger partial charge in [0, 0.05) is 6.42 Å². The summed E-state index contributed by atoms with van der Waals surface area (Å²) in [4.78, 5) is 11.3. The van der Waals surface area contributed by atoms with Gasteiger partial charge in [0.1, 0.15) is 24.2 Å². The summed E-state index contributed by atoms with van der Waals surface area (Å²) in [7, 11) is 0. The molecule has 0 aromatic heterocycles. The second kappa shape index (κ2) is 12.8. The van der Waals surface area contributed by atoms with Crippen molar-refractivity contribution in [3.8, 4) is 22.6 Å². The van der Waals surface area contributed by atoms with Gasteiger partial charge in [-0.15, -0.1) is 0 Å². The summed E-state index contributed by atoms with van der Waals surface area (Å²) in [6.45, 7) is 2.61. The molecule has 1 atom stereocenters. The molecule has 2 aromatic carbocycles. The number of aliphatic hydroxyl groups is 2. The minimum atomic E-state index is -0.875. The molecule has 29 heavy (non-hydrogen) atoms. The first-order chi connectivity index (χ1) is 14.1. The molecule has 0 spiro atoms. The van der Waals surface area contributed by atoms with Crippen molar-refractivity contribution in [1.82, 2.24) is 0 Å². The van der Waals surface area contributed by atoms with E-state index in [0.29, 0.717) is 25.4 Å². The maximum atomic E-state index is 11.3. The fourth-order valence-electron chi connectivity index (χ4n) is 2.70. The Morgan fingerprint density at radius 2 is 1.48 bits per heavy atom. The van der Waals surface area contributed by atoms with Gasteiger partial charge in [-0.2, -0.15) is 0 Å². The predicted octanol–water partition coefficient (Wildman–Crippen LogP) is 3.59. The van der Waals surface area contributed by atoms with Crippen molar-refractivity contribution in [1.29, 1.82) is 0 Å². The summed E-state index contributed by atoms with van der Waals surface area (Å²) in [5, 5.41) is 18.1. The first kappa shape index (κ1) is 22.7. The van der Waals surface area contributed by atoms with Crippen LogP contribution in [0, 0.1) is 0 Å². The van der Waals surface area contributed by atoms with Crippen molar-refractivity contribution >= 4 is 5.97 Å². The number of esters is 1. The first-order valence-electron chi connectivity index (χ1n) is 10.0. The molecular weight excluding hydrogens is 372 g/mol. The maximum absolute atomic E-state index is 11.3. The monoisotopic (exact) mass is 402 g/mol. The van der Waals surface area contributed by atoms with Crippen LogP contribution in [0.5, 0.6) is 11.5 Å². The highest BCUT2D eigenvalue weighted by Gasteiger charge is 2.04. The van der Waals surface area contributed by atoms with Crippen LogP contribution in [0.25, 0.3) is 11.1 Å². The minimum absolute atomic E-state index is 0.0602. The third-order valence-corrected chi connectivity index (χ3v) is 4.29. The number of unbranched alkanes of at least 4 members (excludes halogenated alkanes) is 2. The molecule has 0 aliphatic rings. The number of rotatable bonds is 13. The molecule has 6 heteroatoms. The fourth-order valence-corrected chi connectivity index (χ4v) is 2.70. The highest BCUT2D eigenvalue weighted by atomic mass is 16.5. The Morgan fingerprint density at radius 1 is 0.897 bits per heavy atom. The van der Waals surface area contributed by atoms with Crippen LogP contribution in [-0.4, -0.2) is 48.7 Å². The Kier molecular flexibility index (Phi) is 10.0. The Balaban J connectivity index is 1.72. The lowest BCUT2D eigenvalue weighted by molar-refractivity contribution is -0.143. The van der Waals surface area contributed by atoms with E-state index in [-0.39, 0.29) is 19.2 Å². The van der Waals surface area contributed by atoms with E-state index in [1.165, 1.54) is 0 Å². The molecule has 2 N–H and O–H groups in total. The fraction of sp³-hybridized carbons (Fsp3) is 0.435. The topological polar surface area (TPSA) is 85.2 Å². The van der Waals surface area contributed by atoms with E-state index in [4.69, 9.17) is 19.3 Å². The van der Waals surface area contributed by atoms with Crippen LogP contribution in [0.1, 0.15) is 32.6 Å². The highest BCUT2D eigenvalue weighted by Crippen LogP contribution is 2.25. The molecule has 6 nitrogen and oxygen atoms in total. The van der Waals surface area contributed by atoms with Crippen molar-refractivity contribution < 1.29 is 29.2 Å². The van der Waals surface area contributed by atoms with Gasteiger partial charge in [-0.1, -0.05) is 24.3 Å². The van der Waals surface area contributed by atoms with Gasteiger partial charge in [0.25, 0.3) is 0 Å². The van der Waals surface area contributed by atoms with Crippen LogP contribution in [-0.2, 0) is 9.53 Å². The summed E-state index contributed by atoms with van der Waals surface area (Å²) >= 11 is 0. The molecule has 1 unspecified atom stereocenters. The quantitative estimate of drug-likeness (QED) is 0.393. The molecule has 2 aromatic rings. The Labute approximate surface area is 172 Å². The van der Waals surface area contributed by atoms with Gasteiger partial charge in [-0.25, -0.2) is 0 Å². The van der Waals surface area contributed by atoms with Gasteiger partial charge in [-0.3, -0.25) is 4.79 Å². The lowest BCUT2D eigenvalue weighted by Crippen LogP contribution is -2.21. The van der Waals surface area contributed by atoms with Gasteiger partial charge in [0.2, 0.25) is 0 Å². The summed E-state index contributed by atoms with van der Waals surface area (Å²) in [5.74, 6) is 1.33. The third kappa shape index (κ3) is 8.54. The summed E-state index contributed by atoms with van der Waals surface area (Å²) < 4.78 is 16.1. The van der Waals surface area contributed by atoms with E-state index < -0.39 is 6.10 Å². The van der Waals surface area contributed by atoms with Crippen LogP contribution in [0.15, 0.2) is 48.5 Å². The van der Waals surface area contributed by atoms with Gasteiger partial charge in [0.15, 0.2) is 0 Å². The van der Waals surface area contributed by atoms with Gasteiger partial charge < -0.3 is 24.4 Å². The van der Waals surface area contributed by atoms with Crippen LogP contribution >= 0.6 is 0 Å². The number of aliphatic hydroxyl groups excluding tert-OH is 2. The standard InChI is InChI=1S/C23H30O6/c1-2-27-23(26)6-4-3-5-15-28-21-11-7-18(8-12-21)19-9-13-22(14-10-19)29-17-20(25)16-24/h7-14,20,24-25H,2-6,15-17H2,1H3. The summed E-state index contributed by atoms with van der Waals surface area (Å²) in [5.41, 5.74) is 2.11. The zero-order valence-electron chi connectivity index (χ0n) is 16.9. The molecule has 0 bridgehead atoms. The normalized spacial score (nSPS) is 11.7. The Hall–Kier alpha value is -2.57. The van der Waals surface area contributed by atoms with Gasteiger partial charge in [-0.05, 0) is 61.6 Å². The summed E-state index contributed by atoms with van der Waals surface area (Å²) in [6, 6.07) is 15.4. The zero-order valence-corrected chi connectivity index (χ0v) is 16.9. The van der Waals surface area contributed by atoms with E-state index in [1.54, 1.807) is 0 Å². The minimum Gasteiger partial charge on any atom is -0.494 e. The Bertz CT molecular complexity index is 711. The average molecular weight is 402 g/mol. The van der Waals surface area contributed by atoms with E-state index in [2.05, 4.69) is 0 Å². The number of carbonyl (C=O) groups is 1. The maximum Gasteiger partial charge on any atom is 0.305 e. The van der Waals surface area contributed by atoms with E-state index >= 15 is 0 Å². The molecule has 0 saturated heterocycles. The second-order valence-electron chi connectivity index (χ2n) is 6.66. The number of hydrogen-bond acceptors (Lipinski definition) is 6. The van der Waals surface area contributed by atoms with Gasteiger partial charge in [0.05, 0.1) is 19.8 Å². The molecule has 0 amide bonds. The number of hydrogen-bond donors (Lipinski definition) is 2. The molecule has 0 saturated carbocycles. The van der Waals surface area contributed by atoms with Crippen molar-refractivity contribution in [3.63, 3.8) is 0 Å². The summed E-state index contributed by atoms with van der Waals surface area (Å²) in [6.07, 6.45) is 2.24. The van der Waals surface area contributed by atoms with Crippen molar-refractivity contribution in [2.45, 2.75) is 38.7 Å². The van der Waals surface area contributed by atoms with Crippen molar-refractivity contribution in [2.75, 3.05) is 26.4 Å². The third-order valence-electron chi connectivity index (χ3n) is 4.29. The van der Waals surface area contributed by atoms with Gasteiger partial charge >= 0.3 is 5.97 Å². The Morgan fingerprint density at radius 3 is 2.03 bits per heavy atom. The number of carbonyl (C=O) groups excluding carboxylic acids is 1. The molecular formula is C23H30O6. The van der Waals surface area contributed by atoms with Crippen molar-refractivity contribution in [3.05, 3.63) is 48.5 Å². The largest absolute Gasteiger partial charge is 0.494 e. The van der Waals surface area contributed by atoms with Crippen LogP contribution in [0.2, 0.25) is 0 Å². The van der Waals surface area contributed by atoms with E-state index in [9.17, 15) is 9.90 Å². The highest BCUT2D eigenvalue weighted by molar-refractivity contribution is 5.69. The molecule has 0 aliphatic heterocycles. The van der Waals surface area contributed by atoms with E-state index in [1.807, 2.05) is 55.5 Å². The molecule has 0 fully saturated rings. The van der Waals surface area contributed by atoms with E-state index in [0.717, 1.165) is 36.1 Å². The van der Waals surface area contributed by atoms with Crippen LogP contribution in [0.3, 0.4) is 0 Å². The van der Waals surface area contributed by atoms with Crippen LogP contribution < -0.4 is 9.47 Å². The predicted molar refractivity (Wildman–Crippen MR) is 111 cm³/mol. The van der Waals surface area contributed by atoms with Crippen molar-refractivity contribution in [2.24, 2.45) is 0 Å². The lowest BCUT2D eigenvalue weighted by atomic mass is 10.1. The average Bonchev–Trinajstić information content (AvgIpc) is 2.75. The number of benzene rings is 2. The lowest BCUT2D eigenvalue weighted by Gasteiger charge is -2.11.